The van der Waals surface area contributed by atoms with E-state index in [1.807, 2.05) is 49.4 Å². The van der Waals surface area contributed by atoms with Crippen LogP contribution in [0.1, 0.15) is 24.1 Å². The van der Waals surface area contributed by atoms with Gasteiger partial charge in [-0.05, 0) is 45.0 Å². The highest BCUT2D eigenvalue weighted by Crippen LogP contribution is 2.34. The molecular formula is C25H23N7O. The number of nitrogens with two attached hydrogens (primary N) is 1. The van der Waals surface area contributed by atoms with Crippen LogP contribution < -0.4 is 11.1 Å². The number of aromatic nitrogens is 4. The largest absolute Gasteiger partial charge is 0.382 e. The molecule has 1 fully saturated rings. The van der Waals surface area contributed by atoms with Crippen molar-refractivity contribution < 1.29 is 4.52 Å². The molecule has 8 heteroatoms. The molecule has 1 aromatic carbocycles. The number of nitrogen functional groups attached to an aromatic ring is 1. The number of pyridine rings is 1. The van der Waals surface area contributed by atoms with Crippen molar-refractivity contribution in [3.8, 4) is 40.0 Å². The zero-order valence-electron chi connectivity index (χ0n) is 18.2. The van der Waals surface area contributed by atoms with Crippen LogP contribution in [0.5, 0.6) is 0 Å². The first-order valence-corrected chi connectivity index (χ1v) is 10.8. The van der Waals surface area contributed by atoms with Crippen molar-refractivity contribution >= 4 is 5.82 Å². The lowest BCUT2D eigenvalue weighted by Crippen LogP contribution is -2.39. The molecule has 0 atom stereocenters. The summed E-state index contributed by atoms with van der Waals surface area (Å²) in [6.45, 7) is 3.62. The smallest absolute Gasteiger partial charge is 0.189 e. The number of benzene rings is 1. The molecule has 0 bridgehead atoms. The topological polar surface area (TPSA) is 127 Å². The Labute approximate surface area is 191 Å². The first kappa shape index (κ1) is 20.8. The third-order valence-corrected chi connectivity index (χ3v) is 6.11. The molecule has 4 heterocycles. The average Bonchev–Trinajstić information content (AvgIpc) is 3.35. The summed E-state index contributed by atoms with van der Waals surface area (Å²) in [6.07, 6.45) is 4.78. The van der Waals surface area contributed by atoms with Crippen LogP contribution in [0, 0.1) is 18.3 Å². The highest BCUT2D eigenvalue weighted by atomic mass is 16.5. The van der Waals surface area contributed by atoms with Gasteiger partial charge in [-0.15, -0.1) is 0 Å². The fourth-order valence-electron chi connectivity index (χ4n) is 4.10. The summed E-state index contributed by atoms with van der Waals surface area (Å²) in [5.74, 6) is 0.699. The summed E-state index contributed by atoms with van der Waals surface area (Å²) in [5, 5.41) is 17.4. The molecule has 0 radical (unpaired) electrons. The number of nitrogens with zero attached hydrogens (tertiary/aromatic N) is 5. The van der Waals surface area contributed by atoms with Crippen LogP contribution in [0.2, 0.25) is 0 Å². The fourth-order valence-corrected chi connectivity index (χ4v) is 4.10. The molecular weight excluding hydrogens is 414 g/mol. The van der Waals surface area contributed by atoms with E-state index in [0.29, 0.717) is 22.8 Å². The van der Waals surface area contributed by atoms with Gasteiger partial charge in [0.25, 0.3) is 0 Å². The van der Waals surface area contributed by atoms with E-state index in [0.717, 1.165) is 42.8 Å². The predicted octanol–water partition coefficient (Wildman–Crippen LogP) is 3.90. The maximum absolute atomic E-state index is 9.92. The lowest BCUT2D eigenvalue weighted by atomic mass is 9.77. The van der Waals surface area contributed by atoms with Crippen molar-refractivity contribution in [2.75, 3.05) is 18.8 Å². The summed E-state index contributed by atoms with van der Waals surface area (Å²) in [6, 6.07) is 16.1. The quantitative estimate of drug-likeness (QED) is 0.492. The lowest BCUT2D eigenvalue weighted by molar-refractivity contribution is 0.375. The van der Waals surface area contributed by atoms with Gasteiger partial charge in [0.15, 0.2) is 17.3 Å². The van der Waals surface area contributed by atoms with Crippen LogP contribution in [0.25, 0.3) is 34.0 Å². The molecule has 0 amide bonds. The van der Waals surface area contributed by atoms with Gasteiger partial charge in [-0.3, -0.25) is 4.98 Å². The summed E-state index contributed by atoms with van der Waals surface area (Å²) in [7, 11) is 0. The maximum Gasteiger partial charge on any atom is 0.189 e. The fraction of sp³-hybridized carbons (Fsp3) is 0.240. The van der Waals surface area contributed by atoms with E-state index in [4.69, 9.17) is 15.2 Å². The molecule has 1 saturated heterocycles. The van der Waals surface area contributed by atoms with Crippen LogP contribution in [0.4, 0.5) is 5.82 Å². The van der Waals surface area contributed by atoms with E-state index in [1.165, 1.54) is 5.56 Å². The maximum atomic E-state index is 9.92. The second kappa shape index (κ2) is 8.45. The Bertz CT molecular complexity index is 1330. The van der Waals surface area contributed by atoms with Gasteiger partial charge in [0.2, 0.25) is 0 Å². The summed E-state index contributed by atoms with van der Waals surface area (Å²) >= 11 is 0. The Morgan fingerprint density at radius 1 is 1.03 bits per heavy atom. The van der Waals surface area contributed by atoms with Crippen molar-refractivity contribution in [1.82, 2.24) is 25.4 Å². The minimum atomic E-state index is -0.598. The van der Waals surface area contributed by atoms with Crippen LogP contribution in [0.15, 0.2) is 59.4 Å². The van der Waals surface area contributed by atoms with Crippen molar-refractivity contribution in [1.29, 1.82) is 5.26 Å². The number of hydrogen-bond acceptors (Lipinski definition) is 8. The molecule has 0 spiro atoms. The Morgan fingerprint density at radius 3 is 2.58 bits per heavy atom. The molecule has 8 nitrogen and oxygen atoms in total. The van der Waals surface area contributed by atoms with E-state index in [1.54, 1.807) is 12.4 Å². The van der Waals surface area contributed by atoms with Crippen LogP contribution in [-0.4, -0.2) is 33.2 Å². The van der Waals surface area contributed by atoms with Crippen molar-refractivity contribution in [2.24, 2.45) is 0 Å². The van der Waals surface area contributed by atoms with Gasteiger partial charge >= 0.3 is 0 Å². The van der Waals surface area contributed by atoms with Gasteiger partial charge in [-0.2, -0.15) is 5.26 Å². The zero-order chi connectivity index (χ0) is 22.8. The number of nitrogens with one attached hydrogen (secondary N) is 1. The van der Waals surface area contributed by atoms with Gasteiger partial charge in [0, 0.05) is 23.4 Å². The van der Waals surface area contributed by atoms with Crippen LogP contribution >= 0.6 is 0 Å². The van der Waals surface area contributed by atoms with E-state index in [-0.39, 0.29) is 5.82 Å². The van der Waals surface area contributed by atoms with Gasteiger partial charge in [-0.1, -0.05) is 35.0 Å². The molecule has 0 saturated carbocycles. The summed E-state index contributed by atoms with van der Waals surface area (Å²) < 4.78 is 5.56. The minimum Gasteiger partial charge on any atom is -0.382 e. The molecule has 0 aliphatic carbocycles. The molecule has 5 rings (SSSR count). The number of piperidine rings is 1. The average molecular weight is 438 g/mol. The van der Waals surface area contributed by atoms with E-state index in [2.05, 4.69) is 26.5 Å². The Balaban J connectivity index is 1.50. The summed E-state index contributed by atoms with van der Waals surface area (Å²) in [5.41, 5.74) is 11.0. The molecule has 1 aliphatic rings. The lowest BCUT2D eigenvalue weighted by Gasteiger charge is -2.30. The first-order valence-electron chi connectivity index (χ1n) is 10.8. The standard InChI is InChI=1S/C25H23N7O/c1-16-2-4-17(5-3-16)19-13-21(33-32-19)23-24(27)30-14-20(31-23)18-6-9-29-22(12-18)25(15-26)7-10-28-11-8-25/h2-6,9,12-14,28H,7-8,10-11H2,1H3,(H2,27,30). The number of nitriles is 1. The Hall–Kier alpha value is -4.09. The third kappa shape index (κ3) is 3.95. The minimum absolute atomic E-state index is 0.256. The monoisotopic (exact) mass is 437 g/mol. The molecule has 33 heavy (non-hydrogen) atoms. The van der Waals surface area contributed by atoms with Crippen LogP contribution in [-0.2, 0) is 5.41 Å². The Morgan fingerprint density at radius 2 is 1.82 bits per heavy atom. The van der Waals surface area contributed by atoms with Crippen LogP contribution in [0.3, 0.4) is 0 Å². The van der Waals surface area contributed by atoms with Crippen molar-refractivity contribution in [3.63, 3.8) is 0 Å². The van der Waals surface area contributed by atoms with Gasteiger partial charge in [0.1, 0.15) is 11.1 Å². The Kier molecular flexibility index (Phi) is 5.32. The number of aryl methyl sites for hydroxylation is 1. The molecule has 4 aromatic rings. The summed E-state index contributed by atoms with van der Waals surface area (Å²) in [4.78, 5) is 13.6. The highest BCUT2D eigenvalue weighted by molar-refractivity contribution is 5.73. The molecule has 3 aromatic heterocycles. The highest BCUT2D eigenvalue weighted by Gasteiger charge is 2.35. The molecule has 164 valence electrons. The molecule has 0 unspecified atom stereocenters. The van der Waals surface area contributed by atoms with Crippen molar-refractivity contribution in [3.05, 3.63) is 66.1 Å². The van der Waals surface area contributed by atoms with Gasteiger partial charge in [0.05, 0.1) is 23.7 Å². The zero-order valence-corrected chi connectivity index (χ0v) is 18.2. The second-order valence-electron chi connectivity index (χ2n) is 8.31. The van der Waals surface area contributed by atoms with Gasteiger partial charge in [-0.25, -0.2) is 9.97 Å². The van der Waals surface area contributed by atoms with E-state index in [9.17, 15) is 5.26 Å². The normalized spacial score (nSPS) is 15.2. The predicted molar refractivity (Wildman–Crippen MR) is 125 cm³/mol. The molecule has 1 aliphatic heterocycles. The van der Waals surface area contributed by atoms with E-state index < -0.39 is 5.41 Å². The van der Waals surface area contributed by atoms with E-state index >= 15 is 0 Å². The SMILES string of the molecule is Cc1ccc(-c2cc(-c3nc(-c4ccnc(C5(C#N)CCNCC5)c4)cnc3N)on2)cc1. The number of rotatable bonds is 4. The van der Waals surface area contributed by atoms with Gasteiger partial charge < -0.3 is 15.6 Å². The first-order chi connectivity index (χ1) is 16.1. The molecule has 3 N–H and O–H groups in total. The number of anilines is 1. The second-order valence-corrected chi connectivity index (χ2v) is 8.31. The van der Waals surface area contributed by atoms with Crippen molar-refractivity contribution in [2.45, 2.75) is 25.2 Å². The third-order valence-electron chi connectivity index (χ3n) is 6.11. The number of hydrogen-bond donors (Lipinski definition) is 2.